The summed E-state index contributed by atoms with van der Waals surface area (Å²) in [5.41, 5.74) is 3.88. The Morgan fingerprint density at radius 3 is 2.53 bits per heavy atom. The number of hydrogen-bond donors (Lipinski definition) is 1. The summed E-state index contributed by atoms with van der Waals surface area (Å²) in [6.45, 7) is 2.71. The maximum atomic E-state index is 15.3. The van der Waals surface area contributed by atoms with Crippen molar-refractivity contribution in [3.63, 3.8) is 0 Å². The van der Waals surface area contributed by atoms with Crippen molar-refractivity contribution in [2.45, 2.75) is 50.6 Å². The number of hydrogen-bond acceptors (Lipinski definition) is 8. The summed E-state index contributed by atoms with van der Waals surface area (Å²) in [5.74, 6) is -6.72. The molecule has 1 aliphatic rings. The smallest absolute Gasteiger partial charge is 0.419 e. The zero-order valence-corrected chi connectivity index (χ0v) is 22.4. The Hall–Kier alpha value is -4.91. The van der Waals surface area contributed by atoms with E-state index in [9.17, 15) is 23.2 Å². The molecule has 1 atom stereocenters. The number of benzene rings is 2. The second-order valence-electron chi connectivity index (χ2n) is 10.3. The Labute approximate surface area is 239 Å². The number of rotatable bonds is 6. The van der Waals surface area contributed by atoms with E-state index < -0.39 is 53.2 Å². The number of alkyl halides is 5. The van der Waals surface area contributed by atoms with Crippen molar-refractivity contribution in [3.8, 4) is 29.0 Å². The molecule has 16 heteroatoms. The summed E-state index contributed by atoms with van der Waals surface area (Å²) in [6, 6.07) is 7.87. The largest absolute Gasteiger partial charge is 0.573 e. The van der Waals surface area contributed by atoms with Gasteiger partial charge in [0, 0.05) is 12.0 Å². The topological polar surface area (TPSA) is 136 Å². The van der Waals surface area contributed by atoms with E-state index in [-0.39, 0.29) is 29.6 Å². The molecule has 0 saturated heterocycles. The van der Waals surface area contributed by atoms with Crippen LogP contribution in [0.5, 0.6) is 5.75 Å². The molecule has 1 aliphatic heterocycles. The molecule has 4 aromatic rings. The van der Waals surface area contributed by atoms with E-state index in [1.807, 2.05) is 6.07 Å². The number of anilines is 1. The molecule has 1 amide bonds. The van der Waals surface area contributed by atoms with Crippen molar-refractivity contribution in [2.24, 2.45) is 5.73 Å². The van der Waals surface area contributed by atoms with Gasteiger partial charge >= 0.3 is 6.36 Å². The van der Waals surface area contributed by atoms with Gasteiger partial charge in [0.25, 0.3) is 11.8 Å². The van der Waals surface area contributed by atoms with Crippen LogP contribution in [-0.2, 0) is 22.7 Å². The Morgan fingerprint density at radius 1 is 1.19 bits per heavy atom. The van der Waals surface area contributed by atoms with E-state index in [1.165, 1.54) is 38.1 Å². The summed E-state index contributed by atoms with van der Waals surface area (Å²) in [7, 11) is 0. The molecule has 43 heavy (non-hydrogen) atoms. The van der Waals surface area contributed by atoms with Crippen molar-refractivity contribution in [3.05, 3.63) is 71.6 Å². The Morgan fingerprint density at radius 2 is 1.88 bits per heavy atom. The number of halogens is 6. The lowest BCUT2D eigenvalue weighted by atomic mass is 9.96. The van der Waals surface area contributed by atoms with Crippen molar-refractivity contribution < 1.29 is 40.3 Å². The van der Waals surface area contributed by atoms with Crippen molar-refractivity contribution in [1.29, 1.82) is 5.26 Å². The van der Waals surface area contributed by atoms with Gasteiger partial charge in [-0.1, -0.05) is 12.1 Å². The molecular weight excluding hydrogens is 584 g/mol. The zero-order valence-electron chi connectivity index (χ0n) is 22.4. The third kappa shape index (κ3) is 5.89. The third-order valence-corrected chi connectivity index (χ3v) is 6.63. The highest BCUT2D eigenvalue weighted by Crippen LogP contribution is 2.45. The minimum Gasteiger partial charge on any atom is -0.419 e. The predicted octanol–water partition coefficient (Wildman–Crippen LogP) is 5.12. The first kappa shape index (κ1) is 29.6. The summed E-state index contributed by atoms with van der Waals surface area (Å²) >= 11 is 0. The van der Waals surface area contributed by atoms with Crippen molar-refractivity contribution >= 4 is 11.6 Å². The van der Waals surface area contributed by atoms with Crippen LogP contribution in [0.3, 0.4) is 0 Å². The first-order valence-electron chi connectivity index (χ1n) is 12.5. The Kier molecular flexibility index (Phi) is 7.17. The highest BCUT2D eigenvalue weighted by Gasteiger charge is 2.45. The van der Waals surface area contributed by atoms with E-state index in [0.29, 0.717) is 17.3 Å². The average Bonchev–Trinajstić information content (AvgIpc) is 3.60. The van der Waals surface area contributed by atoms with Gasteiger partial charge in [0.15, 0.2) is 5.75 Å². The molecule has 2 N–H and O–H groups in total. The molecule has 2 aromatic carbocycles. The van der Waals surface area contributed by atoms with E-state index in [0.717, 1.165) is 28.0 Å². The number of aromatic nitrogens is 4. The average molecular weight is 605 g/mol. The maximum Gasteiger partial charge on any atom is 0.573 e. The van der Waals surface area contributed by atoms with Gasteiger partial charge in [0.1, 0.15) is 11.2 Å². The van der Waals surface area contributed by atoms with Crippen molar-refractivity contribution in [1.82, 2.24) is 20.0 Å². The van der Waals surface area contributed by atoms with Gasteiger partial charge in [-0.15, -0.1) is 23.4 Å². The standard InChI is InChI=1S/C27H21F6N7O3/c1-25(2,13-34)24-38-37-22(42-24)17-7-21-18(8-19(17)28)26(29,30)9-20(35)23(41)39(21)11-14-3-5-15(6-4-14)40-12-16(10-36-40)43-27(31,32)33/h3-8,10,12,20H,9,11,35H2,1-2H3. The fourth-order valence-corrected chi connectivity index (χ4v) is 4.40. The lowest BCUT2D eigenvalue weighted by Gasteiger charge is -2.25. The summed E-state index contributed by atoms with van der Waals surface area (Å²) in [6.07, 6.45) is -4.09. The molecule has 0 radical (unpaired) electrons. The lowest BCUT2D eigenvalue weighted by molar-refractivity contribution is -0.274. The number of carbonyl (C=O) groups excluding carboxylic acids is 1. The summed E-state index contributed by atoms with van der Waals surface area (Å²) in [4.78, 5) is 14.3. The number of nitriles is 1. The lowest BCUT2D eigenvalue weighted by Crippen LogP contribution is -2.43. The number of nitrogens with zero attached hydrogens (tertiary/aromatic N) is 6. The van der Waals surface area contributed by atoms with E-state index >= 15 is 13.2 Å². The van der Waals surface area contributed by atoms with Crippen LogP contribution in [0.4, 0.5) is 32.0 Å². The highest BCUT2D eigenvalue weighted by molar-refractivity contribution is 5.99. The molecular formula is C27H21F6N7O3. The van der Waals surface area contributed by atoms with Crippen LogP contribution in [0, 0.1) is 17.1 Å². The molecule has 10 nitrogen and oxygen atoms in total. The number of carbonyl (C=O) groups is 1. The number of nitrogens with two attached hydrogens (primary N) is 1. The van der Waals surface area contributed by atoms with Gasteiger partial charge in [-0.25, -0.2) is 17.9 Å². The zero-order chi connectivity index (χ0) is 31.3. The van der Waals surface area contributed by atoms with Crippen LogP contribution >= 0.6 is 0 Å². The quantitative estimate of drug-likeness (QED) is 0.299. The monoisotopic (exact) mass is 605 g/mol. The second-order valence-corrected chi connectivity index (χ2v) is 10.3. The van der Waals surface area contributed by atoms with E-state index in [2.05, 4.69) is 20.0 Å². The van der Waals surface area contributed by atoms with Gasteiger partial charge in [0.2, 0.25) is 11.8 Å². The SMILES string of the molecule is CC(C)(C#N)c1nnc(-c2cc3c(cc2F)C(F)(F)CC(N)C(=O)N3Cc2ccc(-n3cc(OC(F)(F)F)cn3)cc2)o1. The van der Waals surface area contributed by atoms with Crippen molar-refractivity contribution in [2.75, 3.05) is 4.90 Å². The van der Waals surface area contributed by atoms with E-state index in [1.54, 1.807) is 0 Å². The molecule has 0 fully saturated rings. The molecule has 5 rings (SSSR count). The second kappa shape index (κ2) is 10.4. The normalized spacial score (nSPS) is 16.9. The minimum atomic E-state index is -4.90. The van der Waals surface area contributed by atoms with Gasteiger partial charge in [0.05, 0.1) is 48.0 Å². The maximum absolute atomic E-state index is 15.3. The van der Waals surface area contributed by atoms with Gasteiger partial charge in [-0.3, -0.25) is 4.79 Å². The minimum absolute atomic E-state index is 0.131. The van der Waals surface area contributed by atoms with Gasteiger partial charge < -0.3 is 19.8 Å². The van der Waals surface area contributed by atoms with Crippen LogP contribution in [0.2, 0.25) is 0 Å². The van der Waals surface area contributed by atoms with E-state index in [4.69, 9.17) is 10.2 Å². The fraction of sp³-hybridized carbons (Fsp3) is 0.296. The molecule has 3 heterocycles. The summed E-state index contributed by atoms with van der Waals surface area (Å²) in [5, 5.41) is 20.7. The Balaban J connectivity index is 1.51. The van der Waals surface area contributed by atoms with Crippen LogP contribution in [0.25, 0.3) is 17.1 Å². The van der Waals surface area contributed by atoms with Gasteiger partial charge in [-0.05, 0) is 43.7 Å². The molecule has 0 aliphatic carbocycles. The van der Waals surface area contributed by atoms with Crippen LogP contribution in [0.1, 0.15) is 37.3 Å². The number of amides is 1. The molecule has 2 aromatic heterocycles. The predicted molar refractivity (Wildman–Crippen MR) is 136 cm³/mol. The summed E-state index contributed by atoms with van der Waals surface area (Å²) < 4.78 is 93.6. The van der Waals surface area contributed by atoms with Crippen LogP contribution in [0.15, 0.2) is 53.2 Å². The third-order valence-electron chi connectivity index (χ3n) is 6.63. The fourth-order valence-electron chi connectivity index (χ4n) is 4.40. The molecule has 0 spiro atoms. The number of ether oxygens (including phenoxy) is 1. The van der Waals surface area contributed by atoms with Gasteiger partial charge in [-0.2, -0.15) is 10.4 Å². The first-order chi connectivity index (χ1) is 20.1. The molecule has 0 saturated carbocycles. The Bertz CT molecular complexity index is 1720. The molecule has 0 bridgehead atoms. The molecule has 1 unspecified atom stereocenters. The molecule has 224 valence electrons. The first-order valence-corrected chi connectivity index (χ1v) is 12.5. The highest BCUT2D eigenvalue weighted by atomic mass is 19.4. The van der Waals surface area contributed by atoms with Crippen LogP contribution < -0.4 is 15.4 Å². The number of fused-ring (bicyclic) bond motifs is 1. The van der Waals surface area contributed by atoms with Crippen LogP contribution in [-0.4, -0.2) is 38.3 Å².